The van der Waals surface area contributed by atoms with E-state index < -0.39 is 23.7 Å². The molecular formula is C17H15FO4. The van der Waals surface area contributed by atoms with Gasteiger partial charge in [-0.15, -0.1) is 0 Å². The molecule has 5 heteroatoms. The summed E-state index contributed by atoms with van der Waals surface area (Å²) < 4.78 is 17.5. The molecule has 22 heavy (non-hydrogen) atoms. The van der Waals surface area contributed by atoms with Crippen LogP contribution in [0.2, 0.25) is 0 Å². The number of hydrogen-bond donors (Lipinski definition) is 1. The number of carbonyl (C=O) groups excluding carboxylic acids is 1. The number of hydrogen-bond acceptors (Lipinski definition) is 3. The quantitative estimate of drug-likeness (QED) is 0.862. The van der Waals surface area contributed by atoms with Crippen LogP contribution in [0, 0.1) is 5.82 Å². The third-order valence-electron chi connectivity index (χ3n) is 3.39. The van der Waals surface area contributed by atoms with Crippen molar-refractivity contribution in [3.8, 4) is 0 Å². The molecule has 0 bridgehead atoms. The third kappa shape index (κ3) is 3.69. The average Bonchev–Trinajstić information content (AvgIpc) is 2.53. The predicted octanol–water partition coefficient (Wildman–Crippen LogP) is 3.02. The Bertz CT molecular complexity index is 662. The standard InChI is InChI=1S/C17H15FO4/c1-22-17(21)13-4-2-11(3-5-13)10-15(16(19)20)12-6-8-14(18)9-7-12/h2-9,15H,10H2,1H3,(H,19,20). The maximum absolute atomic E-state index is 12.9. The van der Waals surface area contributed by atoms with Gasteiger partial charge in [0.05, 0.1) is 18.6 Å². The molecule has 0 radical (unpaired) electrons. The van der Waals surface area contributed by atoms with Crippen molar-refractivity contribution in [3.05, 3.63) is 71.0 Å². The van der Waals surface area contributed by atoms with Crippen molar-refractivity contribution >= 4 is 11.9 Å². The minimum absolute atomic E-state index is 0.252. The van der Waals surface area contributed by atoms with Crippen molar-refractivity contribution < 1.29 is 23.8 Å². The summed E-state index contributed by atoms with van der Waals surface area (Å²) in [6.07, 6.45) is 0.252. The number of aliphatic carboxylic acids is 1. The highest BCUT2D eigenvalue weighted by Gasteiger charge is 2.20. The van der Waals surface area contributed by atoms with Gasteiger partial charge in [0.15, 0.2) is 0 Å². The van der Waals surface area contributed by atoms with E-state index in [1.54, 1.807) is 24.3 Å². The number of benzene rings is 2. The van der Waals surface area contributed by atoms with E-state index in [1.807, 2.05) is 0 Å². The van der Waals surface area contributed by atoms with E-state index in [0.717, 1.165) is 5.56 Å². The Kier molecular flexibility index (Phi) is 4.88. The fourth-order valence-electron chi connectivity index (χ4n) is 2.17. The summed E-state index contributed by atoms with van der Waals surface area (Å²) in [5.74, 6) is -2.61. The smallest absolute Gasteiger partial charge is 0.337 e. The van der Waals surface area contributed by atoms with Crippen LogP contribution in [0.1, 0.15) is 27.4 Å². The Morgan fingerprint density at radius 2 is 1.68 bits per heavy atom. The number of ether oxygens (including phenoxy) is 1. The molecule has 1 unspecified atom stereocenters. The lowest BCUT2D eigenvalue weighted by Crippen LogP contribution is -2.14. The van der Waals surface area contributed by atoms with Gasteiger partial charge in [-0.3, -0.25) is 4.79 Å². The van der Waals surface area contributed by atoms with Gasteiger partial charge in [0.1, 0.15) is 5.82 Å². The molecule has 1 atom stereocenters. The summed E-state index contributed by atoms with van der Waals surface area (Å²) in [5.41, 5.74) is 1.70. The van der Waals surface area contributed by atoms with E-state index >= 15 is 0 Å². The SMILES string of the molecule is COC(=O)c1ccc(CC(C(=O)O)c2ccc(F)cc2)cc1. The van der Waals surface area contributed by atoms with Crippen LogP contribution < -0.4 is 0 Å². The fraction of sp³-hybridized carbons (Fsp3) is 0.176. The van der Waals surface area contributed by atoms with Crippen molar-refractivity contribution in [2.45, 2.75) is 12.3 Å². The van der Waals surface area contributed by atoms with Crippen LogP contribution in [0.3, 0.4) is 0 Å². The number of carbonyl (C=O) groups is 2. The molecule has 4 nitrogen and oxygen atoms in total. The molecular weight excluding hydrogens is 287 g/mol. The molecule has 114 valence electrons. The Morgan fingerprint density at radius 3 is 2.18 bits per heavy atom. The van der Waals surface area contributed by atoms with E-state index in [2.05, 4.69) is 4.74 Å². The van der Waals surface area contributed by atoms with E-state index in [-0.39, 0.29) is 6.42 Å². The van der Waals surface area contributed by atoms with E-state index in [0.29, 0.717) is 11.1 Å². The number of halogens is 1. The summed E-state index contributed by atoms with van der Waals surface area (Å²) in [6.45, 7) is 0. The third-order valence-corrected chi connectivity index (χ3v) is 3.39. The Hall–Kier alpha value is -2.69. The molecule has 2 aromatic carbocycles. The van der Waals surface area contributed by atoms with Gasteiger partial charge in [-0.1, -0.05) is 24.3 Å². The molecule has 2 aromatic rings. The highest BCUT2D eigenvalue weighted by Crippen LogP contribution is 2.22. The lowest BCUT2D eigenvalue weighted by atomic mass is 9.92. The highest BCUT2D eigenvalue weighted by atomic mass is 19.1. The normalized spacial score (nSPS) is 11.7. The second-order valence-electron chi connectivity index (χ2n) is 4.84. The monoisotopic (exact) mass is 302 g/mol. The molecule has 0 saturated carbocycles. The van der Waals surface area contributed by atoms with Gasteiger partial charge in [0.2, 0.25) is 0 Å². The second-order valence-corrected chi connectivity index (χ2v) is 4.84. The van der Waals surface area contributed by atoms with Crippen LogP contribution in [0.15, 0.2) is 48.5 Å². The first kappa shape index (κ1) is 15.7. The molecule has 0 saturated heterocycles. The predicted molar refractivity (Wildman–Crippen MR) is 78.3 cm³/mol. The van der Waals surface area contributed by atoms with Crippen LogP contribution in [0.5, 0.6) is 0 Å². The lowest BCUT2D eigenvalue weighted by Gasteiger charge is -2.13. The van der Waals surface area contributed by atoms with Crippen LogP contribution in [-0.2, 0) is 16.0 Å². The molecule has 0 aliphatic carbocycles. The van der Waals surface area contributed by atoms with Crippen LogP contribution in [-0.4, -0.2) is 24.2 Å². The zero-order valence-electron chi connectivity index (χ0n) is 12.0. The van der Waals surface area contributed by atoms with Gasteiger partial charge in [0, 0.05) is 0 Å². The summed E-state index contributed by atoms with van der Waals surface area (Å²) in [4.78, 5) is 22.8. The minimum atomic E-state index is -0.983. The van der Waals surface area contributed by atoms with Crippen molar-refractivity contribution in [1.82, 2.24) is 0 Å². The van der Waals surface area contributed by atoms with Crippen LogP contribution in [0.4, 0.5) is 4.39 Å². The zero-order chi connectivity index (χ0) is 16.1. The molecule has 2 rings (SSSR count). The summed E-state index contributed by atoms with van der Waals surface area (Å²) in [5, 5.41) is 9.37. The maximum atomic E-state index is 12.9. The van der Waals surface area contributed by atoms with Crippen LogP contribution in [0.25, 0.3) is 0 Å². The van der Waals surface area contributed by atoms with Crippen molar-refractivity contribution in [1.29, 1.82) is 0 Å². The van der Waals surface area contributed by atoms with Crippen molar-refractivity contribution in [3.63, 3.8) is 0 Å². The largest absolute Gasteiger partial charge is 0.481 e. The Morgan fingerprint density at radius 1 is 1.09 bits per heavy atom. The summed E-state index contributed by atoms with van der Waals surface area (Å²) in [6, 6.07) is 12.0. The van der Waals surface area contributed by atoms with E-state index in [1.165, 1.54) is 31.4 Å². The first-order valence-electron chi connectivity index (χ1n) is 6.67. The van der Waals surface area contributed by atoms with Crippen LogP contribution >= 0.6 is 0 Å². The Balaban J connectivity index is 2.19. The van der Waals surface area contributed by atoms with Gasteiger partial charge < -0.3 is 9.84 Å². The molecule has 0 spiro atoms. The lowest BCUT2D eigenvalue weighted by molar-refractivity contribution is -0.138. The molecule has 1 N–H and O–H groups in total. The number of carboxylic acid groups (broad SMARTS) is 1. The maximum Gasteiger partial charge on any atom is 0.337 e. The summed E-state index contributed by atoms with van der Waals surface area (Å²) in [7, 11) is 1.30. The fourth-order valence-corrected chi connectivity index (χ4v) is 2.17. The molecule has 0 aliphatic heterocycles. The first-order valence-corrected chi connectivity index (χ1v) is 6.67. The van der Waals surface area contributed by atoms with Gasteiger partial charge in [-0.25, -0.2) is 9.18 Å². The first-order chi connectivity index (χ1) is 10.5. The van der Waals surface area contributed by atoms with Crippen molar-refractivity contribution in [2.75, 3.05) is 7.11 Å². The van der Waals surface area contributed by atoms with E-state index in [9.17, 15) is 19.1 Å². The van der Waals surface area contributed by atoms with Gasteiger partial charge in [-0.2, -0.15) is 0 Å². The number of carboxylic acids is 1. The molecule has 0 aromatic heterocycles. The number of esters is 1. The van der Waals surface area contributed by atoms with Gasteiger partial charge >= 0.3 is 11.9 Å². The average molecular weight is 302 g/mol. The number of rotatable bonds is 5. The van der Waals surface area contributed by atoms with E-state index in [4.69, 9.17) is 0 Å². The van der Waals surface area contributed by atoms with Gasteiger partial charge in [0.25, 0.3) is 0 Å². The second kappa shape index (κ2) is 6.85. The highest BCUT2D eigenvalue weighted by molar-refractivity contribution is 5.89. The van der Waals surface area contributed by atoms with Crippen molar-refractivity contribution in [2.24, 2.45) is 0 Å². The molecule has 0 fully saturated rings. The summed E-state index contributed by atoms with van der Waals surface area (Å²) >= 11 is 0. The molecule has 0 heterocycles. The molecule has 0 amide bonds. The van der Waals surface area contributed by atoms with Gasteiger partial charge in [-0.05, 0) is 41.8 Å². The minimum Gasteiger partial charge on any atom is -0.481 e. The Labute approximate surface area is 127 Å². The topological polar surface area (TPSA) is 63.6 Å². The number of methoxy groups -OCH3 is 1. The zero-order valence-corrected chi connectivity index (χ0v) is 12.0. The molecule has 0 aliphatic rings.